The Labute approximate surface area is 106 Å². The molecular formula is C9H2Cl2F6O. The molecule has 0 spiro atoms. The molecule has 0 aliphatic rings. The standard InChI is InChI=1S/C9H2Cl2F6O/c10-3-1-4(7(18)9(15,16)17)6(11)5(2-3)8(12,13)14/h1-2H. The van der Waals surface area contributed by atoms with Crippen molar-refractivity contribution in [3.05, 3.63) is 33.3 Å². The zero-order valence-electron chi connectivity index (χ0n) is 8.09. The predicted octanol–water partition coefficient (Wildman–Crippen LogP) is 4.76. The van der Waals surface area contributed by atoms with Crippen molar-refractivity contribution in [2.45, 2.75) is 12.4 Å². The Kier molecular flexibility index (Phi) is 3.88. The van der Waals surface area contributed by atoms with Crippen LogP contribution in [0.25, 0.3) is 0 Å². The van der Waals surface area contributed by atoms with Crippen LogP contribution in [0.1, 0.15) is 15.9 Å². The third-order valence-corrected chi connectivity index (χ3v) is 2.47. The van der Waals surface area contributed by atoms with Gasteiger partial charge in [0.25, 0.3) is 5.78 Å². The topological polar surface area (TPSA) is 17.1 Å². The SMILES string of the molecule is O=C(c1cc(Cl)cc(C(F)(F)F)c1Cl)C(F)(F)F. The van der Waals surface area contributed by atoms with Crippen LogP contribution in [-0.4, -0.2) is 12.0 Å². The van der Waals surface area contributed by atoms with Crippen molar-refractivity contribution >= 4 is 29.0 Å². The smallest absolute Gasteiger partial charge is 0.284 e. The monoisotopic (exact) mass is 310 g/mol. The summed E-state index contributed by atoms with van der Waals surface area (Å²) < 4.78 is 73.7. The Hall–Kier alpha value is -0.950. The molecule has 0 N–H and O–H groups in total. The molecule has 0 amide bonds. The van der Waals surface area contributed by atoms with E-state index >= 15 is 0 Å². The van der Waals surface area contributed by atoms with Crippen LogP contribution in [0.4, 0.5) is 26.3 Å². The number of hydrogen-bond donors (Lipinski definition) is 0. The molecule has 0 aliphatic carbocycles. The van der Waals surface area contributed by atoms with Gasteiger partial charge < -0.3 is 0 Å². The Morgan fingerprint density at radius 2 is 1.50 bits per heavy atom. The first-order valence-corrected chi connectivity index (χ1v) is 4.88. The summed E-state index contributed by atoms with van der Waals surface area (Å²) in [7, 11) is 0. The molecule has 0 aliphatic heterocycles. The molecule has 1 aromatic rings. The summed E-state index contributed by atoms with van der Waals surface area (Å²) >= 11 is 10.4. The minimum absolute atomic E-state index is 0.344. The highest BCUT2D eigenvalue weighted by Gasteiger charge is 2.43. The average molecular weight is 311 g/mol. The van der Waals surface area contributed by atoms with Crippen LogP contribution >= 0.6 is 23.2 Å². The number of carbonyl (C=O) groups is 1. The number of hydrogen-bond acceptors (Lipinski definition) is 1. The lowest BCUT2D eigenvalue weighted by Crippen LogP contribution is -2.24. The number of benzene rings is 1. The molecule has 0 radical (unpaired) electrons. The lowest BCUT2D eigenvalue weighted by Gasteiger charge is -2.13. The van der Waals surface area contributed by atoms with Crippen molar-refractivity contribution in [2.75, 3.05) is 0 Å². The molecular weight excluding hydrogens is 309 g/mol. The van der Waals surface area contributed by atoms with Crippen molar-refractivity contribution < 1.29 is 31.1 Å². The third kappa shape index (κ3) is 3.08. The molecule has 0 unspecified atom stereocenters. The molecule has 0 saturated heterocycles. The Bertz CT molecular complexity index is 491. The summed E-state index contributed by atoms with van der Waals surface area (Å²) in [5.74, 6) is -2.49. The number of halogens is 8. The fraction of sp³-hybridized carbons (Fsp3) is 0.222. The van der Waals surface area contributed by atoms with Crippen LogP contribution < -0.4 is 0 Å². The quantitative estimate of drug-likeness (QED) is 0.540. The number of carbonyl (C=O) groups excluding carboxylic acids is 1. The Morgan fingerprint density at radius 1 is 1.00 bits per heavy atom. The van der Waals surface area contributed by atoms with Crippen LogP contribution in [0.3, 0.4) is 0 Å². The van der Waals surface area contributed by atoms with Gasteiger partial charge in [-0.15, -0.1) is 0 Å². The van der Waals surface area contributed by atoms with Crippen LogP contribution in [-0.2, 0) is 6.18 Å². The van der Waals surface area contributed by atoms with E-state index in [0.717, 1.165) is 0 Å². The highest BCUT2D eigenvalue weighted by atomic mass is 35.5. The van der Waals surface area contributed by atoms with Gasteiger partial charge in [0, 0.05) is 10.6 Å². The van der Waals surface area contributed by atoms with Gasteiger partial charge in [-0.25, -0.2) is 0 Å². The molecule has 0 aromatic heterocycles. The molecule has 0 atom stereocenters. The van der Waals surface area contributed by atoms with E-state index in [1.54, 1.807) is 0 Å². The lowest BCUT2D eigenvalue weighted by molar-refractivity contribution is -0.137. The van der Waals surface area contributed by atoms with Crippen LogP contribution in [0.5, 0.6) is 0 Å². The summed E-state index contributed by atoms with van der Waals surface area (Å²) in [6.07, 6.45) is -10.3. The van der Waals surface area contributed by atoms with Gasteiger partial charge >= 0.3 is 12.4 Å². The average Bonchev–Trinajstić information content (AvgIpc) is 2.17. The van der Waals surface area contributed by atoms with Crippen molar-refractivity contribution in [3.63, 3.8) is 0 Å². The maximum Gasteiger partial charge on any atom is 0.454 e. The zero-order valence-corrected chi connectivity index (χ0v) is 9.60. The Morgan fingerprint density at radius 3 is 1.89 bits per heavy atom. The normalized spacial score (nSPS) is 12.7. The maximum absolute atomic E-state index is 12.4. The van der Waals surface area contributed by atoms with E-state index < -0.39 is 39.3 Å². The van der Waals surface area contributed by atoms with Crippen LogP contribution in [0, 0.1) is 0 Å². The molecule has 1 aromatic carbocycles. The summed E-state index contributed by atoms with van der Waals surface area (Å²) in [6.45, 7) is 0. The van der Waals surface area contributed by atoms with E-state index in [1.807, 2.05) is 0 Å². The van der Waals surface area contributed by atoms with E-state index in [1.165, 1.54) is 0 Å². The molecule has 0 heterocycles. The first kappa shape index (κ1) is 15.1. The number of alkyl halides is 6. The van der Waals surface area contributed by atoms with Gasteiger partial charge in [-0.2, -0.15) is 26.3 Å². The van der Waals surface area contributed by atoms with Crippen molar-refractivity contribution in [1.29, 1.82) is 0 Å². The van der Waals surface area contributed by atoms with Gasteiger partial charge in [0.05, 0.1) is 10.6 Å². The highest BCUT2D eigenvalue weighted by Crippen LogP contribution is 2.39. The number of Topliss-reactive ketones (excluding diaryl/α,β-unsaturated/α-hetero) is 1. The van der Waals surface area contributed by atoms with Gasteiger partial charge in [0.1, 0.15) is 0 Å². The summed E-state index contributed by atoms with van der Waals surface area (Å²) in [6, 6.07) is 0.784. The minimum Gasteiger partial charge on any atom is -0.284 e. The minimum atomic E-state index is -5.34. The second-order valence-corrected chi connectivity index (χ2v) is 3.95. The van der Waals surface area contributed by atoms with Crippen LogP contribution in [0.15, 0.2) is 12.1 Å². The molecule has 1 rings (SSSR count). The lowest BCUT2D eigenvalue weighted by atomic mass is 10.1. The number of ketones is 1. The summed E-state index contributed by atoms with van der Waals surface area (Å²) in [5.41, 5.74) is -2.92. The summed E-state index contributed by atoms with van der Waals surface area (Å²) in [4.78, 5) is 10.9. The van der Waals surface area contributed by atoms with E-state index in [9.17, 15) is 31.1 Å². The molecule has 9 heteroatoms. The fourth-order valence-electron chi connectivity index (χ4n) is 1.11. The third-order valence-electron chi connectivity index (χ3n) is 1.84. The molecule has 0 saturated carbocycles. The van der Waals surface area contributed by atoms with Gasteiger partial charge in [-0.05, 0) is 12.1 Å². The van der Waals surface area contributed by atoms with E-state index in [2.05, 4.69) is 0 Å². The zero-order chi connectivity index (χ0) is 14.3. The first-order valence-electron chi connectivity index (χ1n) is 4.12. The largest absolute Gasteiger partial charge is 0.454 e. The maximum atomic E-state index is 12.4. The number of rotatable bonds is 1. The Balaban J connectivity index is 3.49. The fourth-order valence-corrected chi connectivity index (χ4v) is 1.63. The van der Waals surface area contributed by atoms with Crippen molar-refractivity contribution in [2.24, 2.45) is 0 Å². The summed E-state index contributed by atoms with van der Waals surface area (Å²) in [5, 5.41) is -1.99. The second kappa shape index (κ2) is 4.62. The molecule has 100 valence electrons. The van der Waals surface area contributed by atoms with Gasteiger partial charge in [-0.3, -0.25) is 4.79 Å². The molecule has 0 fully saturated rings. The molecule has 18 heavy (non-hydrogen) atoms. The van der Waals surface area contributed by atoms with Crippen molar-refractivity contribution in [3.8, 4) is 0 Å². The van der Waals surface area contributed by atoms with Gasteiger partial charge in [-0.1, -0.05) is 23.2 Å². The van der Waals surface area contributed by atoms with Crippen LogP contribution in [0.2, 0.25) is 10.0 Å². The second-order valence-electron chi connectivity index (χ2n) is 3.14. The van der Waals surface area contributed by atoms with E-state index in [0.29, 0.717) is 12.1 Å². The van der Waals surface area contributed by atoms with E-state index in [-0.39, 0.29) is 0 Å². The van der Waals surface area contributed by atoms with E-state index in [4.69, 9.17) is 23.2 Å². The molecule has 1 nitrogen and oxygen atoms in total. The first-order chi connectivity index (χ1) is 7.94. The highest BCUT2D eigenvalue weighted by molar-refractivity contribution is 6.37. The predicted molar refractivity (Wildman–Crippen MR) is 51.8 cm³/mol. The van der Waals surface area contributed by atoms with Crippen molar-refractivity contribution in [1.82, 2.24) is 0 Å². The van der Waals surface area contributed by atoms with Gasteiger partial charge in [0.2, 0.25) is 0 Å². The van der Waals surface area contributed by atoms with Gasteiger partial charge in [0.15, 0.2) is 0 Å². The molecule has 0 bridgehead atoms.